The second-order valence-electron chi connectivity index (χ2n) is 5.35. The minimum atomic E-state index is -0.378. The van der Waals surface area contributed by atoms with Gasteiger partial charge in [-0.05, 0) is 37.0 Å². The zero-order valence-corrected chi connectivity index (χ0v) is 11.8. The highest BCUT2D eigenvalue weighted by Gasteiger charge is 2.19. The molecule has 0 bridgehead atoms. The smallest absolute Gasteiger partial charge is 0.227 e. The van der Waals surface area contributed by atoms with Crippen LogP contribution in [0.5, 0.6) is 0 Å². The minimum absolute atomic E-state index is 0.0245. The number of carbonyl (C=O) groups is 1. The van der Waals surface area contributed by atoms with E-state index in [0.717, 1.165) is 6.42 Å². The molecule has 0 spiro atoms. The lowest BCUT2D eigenvalue weighted by Gasteiger charge is -2.21. The molecule has 0 saturated heterocycles. The molecule has 1 amide bonds. The maximum absolute atomic E-state index is 13.1. The van der Waals surface area contributed by atoms with Crippen molar-refractivity contribution in [2.45, 2.75) is 39.2 Å². The molecule has 2 unspecified atom stereocenters. The van der Waals surface area contributed by atoms with Gasteiger partial charge in [0, 0.05) is 12.6 Å². The molecule has 2 atom stereocenters. The standard InChI is InChI=1S/C15H23FN2O/c1-10(2)7-14(9-17)18-15(19)11(3)12-5-4-6-13(16)8-12/h4-6,8,10-11,14H,7,9,17H2,1-3H3,(H,18,19). The Labute approximate surface area is 114 Å². The van der Waals surface area contributed by atoms with Crippen molar-refractivity contribution in [2.24, 2.45) is 11.7 Å². The van der Waals surface area contributed by atoms with Gasteiger partial charge in [0.15, 0.2) is 0 Å². The number of hydrogen-bond acceptors (Lipinski definition) is 2. The molecule has 1 aromatic rings. The average Bonchev–Trinajstić information content (AvgIpc) is 2.36. The molecule has 1 rings (SSSR count). The summed E-state index contributed by atoms with van der Waals surface area (Å²) in [6.07, 6.45) is 0.845. The molecule has 0 radical (unpaired) electrons. The lowest BCUT2D eigenvalue weighted by atomic mass is 9.98. The van der Waals surface area contributed by atoms with E-state index in [1.54, 1.807) is 19.1 Å². The average molecular weight is 266 g/mol. The lowest BCUT2D eigenvalue weighted by molar-refractivity contribution is -0.122. The zero-order chi connectivity index (χ0) is 14.4. The Morgan fingerprint density at radius 3 is 2.58 bits per heavy atom. The molecule has 3 N–H and O–H groups in total. The van der Waals surface area contributed by atoms with E-state index in [-0.39, 0.29) is 23.7 Å². The summed E-state index contributed by atoms with van der Waals surface area (Å²) in [5, 5.41) is 2.93. The maximum atomic E-state index is 13.1. The maximum Gasteiger partial charge on any atom is 0.227 e. The largest absolute Gasteiger partial charge is 0.352 e. The van der Waals surface area contributed by atoms with Crippen LogP contribution in [0.4, 0.5) is 4.39 Å². The SMILES string of the molecule is CC(C)CC(CN)NC(=O)C(C)c1cccc(F)c1. The lowest BCUT2D eigenvalue weighted by Crippen LogP contribution is -2.42. The molecule has 0 aliphatic rings. The Kier molecular flexibility index (Phi) is 5.96. The van der Waals surface area contributed by atoms with E-state index >= 15 is 0 Å². The van der Waals surface area contributed by atoms with Crippen LogP contribution in [0.15, 0.2) is 24.3 Å². The van der Waals surface area contributed by atoms with Gasteiger partial charge in [0.25, 0.3) is 0 Å². The number of amides is 1. The summed E-state index contributed by atoms with van der Waals surface area (Å²) in [6.45, 7) is 6.36. The van der Waals surface area contributed by atoms with Crippen LogP contribution in [0.3, 0.4) is 0 Å². The number of nitrogens with two attached hydrogens (primary N) is 1. The molecule has 4 heteroatoms. The highest BCUT2D eigenvalue weighted by Crippen LogP contribution is 2.17. The van der Waals surface area contributed by atoms with Crippen LogP contribution in [0.25, 0.3) is 0 Å². The first-order valence-corrected chi connectivity index (χ1v) is 6.70. The number of nitrogens with one attached hydrogen (secondary N) is 1. The topological polar surface area (TPSA) is 55.1 Å². The summed E-state index contributed by atoms with van der Waals surface area (Å²) in [5.74, 6) is -0.341. The van der Waals surface area contributed by atoms with Gasteiger partial charge >= 0.3 is 0 Å². The van der Waals surface area contributed by atoms with Gasteiger partial charge < -0.3 is 11.1 Å². The highest BCUT2D eigenvalue weighted by molar-refractivity contribution is 5.83. The number of rotatable bonds is 6. The van der Waals surface area contributed by atoms with Crippen molar-refractivity contribution in [3.63, 3.8) is 0 Å². The van der Waals surface area contributed by atoms with Crippen molar-refractivity contribution in [2.75, 3.05) is 6.54 Å². The van der Waals surface area contributed by atoms with Crippen LogP contribution in [-0.4, -0.2) is 18.5 Å². The van der Waals surface area contributed by atoms with E-state index in [1.165, 1.54) is 12.1 Å². The van der Waals surface area contributed by atoms with Gasteiger partial charge in [-0.3, -0.25) is 4.79 Å². The minimum Gasteiger partial charge on any atom is -0.352 e. The second kappa shape index (κ2) is 7.24. The first kappa shape index (κ1) is 15.6. The van der Waals surface area contributed by atoms with Gasteiger partial charge in [0.1, 0.15) is 5.82 Å². The molecule has 19 heavy (non-hydrogen) atoms. The Morgan fingerprint density at radius 1 is 1.37 bits per heavy atom. The van der Waals surface area contributed by atoms with Crippen molar-refractivity contribution in [1.29, 1.82) is 0 Å². The van der Waals surface area contributed by atoms with E-state index in [4.69, 9.17) is 5.73 Å². The van der Waals surface area contributed by atoms with Crippen LogP contribution in [-0.2, 0) is 4.79 Å². The van der Waals surface area contributed by atoms with Crippen molar-refractivity contribution in [3.8, 4) is 0 Å². The van der Waals surface area contributed by atoms with E-state index < -0.39 is 0 Å². The molecule has 0 aliphatic carbocycles. The number of halogens is 1. The monoisotopic (exact) mass is 266 g/mol. The third kappa shape index (κ3) is 4.99. The Balaban J connectivity index is 2.66. The number of benzene rings is 1. The predicted molar refractivity (Wildman–Crippen MR) is 75.3 cm³/mol. The van der Waals surface area contributed by atoms with Gasteiger partial charge in [-0.25, -0.2) is 4.39 Å². The summed E-state index contributed by atoms with van der Waals surface area (Å²) >= 11 is 0. The summed E-state index contributed by atoms with van der Waals surface area (Å²) in [5.41, 5.74) is 6.34. The first-order valence-electron chi connectivity index (χ1n) is 6.70. The summed E-state index contributed by atoms with van der Waals surface area (Å²) in [6, 6.07) is 6.11. The molecule has 0 saturated carbocycles. The fraction of sp³-hybridized carbons (Fsp3) is 0.533. The summed E-state index contributed by atoms with van der Waals surface area (Å²) < 4.78 is 13.1. The normalized spacial score (nSPS) is 14.2. The van der Waals surface area contributed by atoms with Crippen LogP contribution in [0.2, 0.25) is 0 Å². The zero-order valence-electron chi connectivity index (χ0n) is 11.8. The Morgan fingerprint density at radius 2 is 2.05 bits per heavy atom. The van der Waals surface area contributed by atoms with Gasteiger partial charge in [-0.2, -0.15) is 0 Å². The van der Waals surface area contributed by atoms with Gasteiger partial charge in [0.05, 0.1) is 5.92 Å². The molecule has 106 valence electrons. The van der Waals surface area contributed by atoms with Crippen molar-refractivity contribution in [3.05, 3.63) is 35.6 Å². The van der Waals surface area contributed by atoms with Crippen LogP contribution < -0.4 is 11.1 Å². The van der Waals surface area contributed by atoms with Gasteiger partial charge in [-0.15, -0.1) is 0 Å². The number of carbonyl (C=O) groups excluding carboxylic acids is 1. The summed E-state index contributed by atoms with van der Waals surface area (Å²) in [7, 11) is 0. The van der Waals surface area contributed by atoms with E-state index in [1.807, 2.05) is 0 Å². The van der Waals surface area contributed by atoms with Crippen LogP contribution >= 0.6 is 0 Å². The van der Waals surface area contributed by atoms with Crippen molar-refractivity contribution in [1.82, 2.24) is 5.32 Å². The predicted octanol–water partition coefficient (Wildman–Crippen LogP) is 2.42. The molecule has 0 aromatic heterocycles. The molecule has 1 aromatic carbocycles. The molecular formula is C15H23FN2O. The van der Waals surface area contributed by atoms with Crippen molar-refractivity contribution < 1.29 is 9.18 Å². The molecule has 0 aliphatic heterocycles. The van der Waals surface area contributed by atoms with E-state index in [9.17, 15) is 9.18 Å². The Bertz CT molecular complexity index is 420. The quantitative estimate of drug-likeness (QED) is 0.831. The van der Waals surface area contributed by atoms with Crippen LogP contribution in [0, 0.1) is 11.7 Å². The van der Waals surface area contributed by atoms with Gasteiger partial charge in [-0.1, -0.05) is 26.0 Å². The van der Waals surface area contributed by atoms with Crippen molar-refractivity contribution >= 4 is 5.91 Å². The molecule has 3 nitrogen and oxygen atoms in total. The fourth-order valence-electron chi connectivity index (χ4n) is 2.04. The highest BCUT2D eigenvalue weighted by atomic mass is 19.1. The van der Waals surface area contributed by atoms with E-state index in [2.05, 4.69) is 19.2 Å². The van der Waals surface area contributed by atoms with Gasteiger partial charge in [0.2, 0.25) is 5.91 Å². The summed E-state index contributed by atoms with van der Waals surface area (Å²) in [4.78, 5) is 12.1. The first-order chi connectivity index (χ1) is 8.93. The number of hydrogen-bond donors (Lipinski definition) is 2. The Hall–Kier alpha value is -1.42. The van der Waals surface area contributed by atoms with E-state index in [0.29, 0.717) is 18.0 Å². The molecule has 0 fully saturated rings. The van der Waals surface area contributed by atoms with Crippen LogP contribution in [0.1, 0.15) is 38.7 Å². The third-order valence-electron chi connectivity index (χ3n) is 3.13. The fourth-order valence-corrected chi connectivity index (χ4v) is 2.04. The molecule has 0 heterocycles. The third-order valence-corrected chi connectivity index (χ3v) is 3.13. The second-order valence-corrected chi connectivity index (χ2v) is 5.35. The molecular weight excluding hydrogens is 243 g/mol.